The zero-order chi connectivity index (χ0) is 54.5. The maximum atomic E-state index is 13.3. The number of nitrogens with zero attached hydrogens (tertiary/aromatic N) is 1. The lowest BCUT2D eigenvalue weighted by Crippen LogP contribution is -2.53. The molecule has 1 aliphatic heterocycles. The smallest absolute Gasteiger partial charge is 0.405 e. The van der Waals surface area contributed by atoms with Gasteiger partial charge in [-0.15, -0.1) is 0 Å². The standard InChI is InChI=1S/C33H59N5O7S.C18H32O2.2C2H6/c1-20(2)16-33(8,17-22(5)29(40)27-12-11-14-38(27)9)24(7)34-18-28(39)36-25(13-15-46-10)30(41)35-23(6)31(42)45-19-26(21(3)4)37-32(43)44;1-7-18(5)12-8-9-16(20-6)17(18)14(4)15(19)11-10-13(2)3;2*1-2/h20-23,25-27,34,37H,7,11-19H2,1-6,8-10H3,(H,35,41)(H,36,39)(H,43,44);10,16-17,19H,7-9,11-12H2,1-6H3;2*1-2H3/b;15-14-;;/t22-,23+,25+,26?,27+,33?;16-,17+,18+;;/m11../s1. The minimum Gasteiger partial charge on any atom is -0.512 e. The van der Waals surface area contributed by atoms with E-state index in [-0.39, 0.29) is 48.3 Å². The van der Waals surface area contributed by atoms with Crippen LogP contribution in [0.25, 0.3) is 0 Å². The third-order valence-corrected chi connectivity index (χ3v) is 14.4. The summed E-state index contributed by atoms with van der Waals surface area (Å²) in [5.74, 6) is 0.127. The number of hydrogen-bond donors (Lipinski definition) is 6. The molecule has 2 aliphatic rings. The number of thioether (sulfide) groups is 1. The molecule has 0 aromatic rings. The first-order valence-corrected chi connectivity index (χ1v) is 27.6. The number of methoxy groups -OCH3 is 1. The maximum absolute atomic E-state index is 13.3. The number of nitrogens with one attached hydrogen (secondary N) is 4. The van der Waals surface area contributed by atoms with Gasteiger partial charge in [0.1, 0.15) is 18.7 Å². The summed E-state index contributed by atoms with van der Waals surface area (Å²) in [4.78, 5) is 65.2. The Morgan fingerprint density at radius 1 is 0.943 bits per heavy atom. The van der Waals surface area contributed by atoms with Crippen LogP contribution < -0.4 is 21.3 Å². The van der Waals surface area contributed by atoms with Crippen molar-refractivity contribution in [2.45, 2.75) is 205 Å². The second-order valence-electron chi connectivity index (χ2n) is 20.5. The lowest BCUT2D eigenvalue weighted by Gasteiger charge is -2.46. The average Bonchev–Trinajstić information content (AvgIpc) is 3.75. The average molecular weight is 1010 g/mol. The predicted molar refractivity (Wildman–Crippen MR) is 291 cm³/mol. The summed E-state index contributed by atoms with van der Waals surface area (Å²) in [5.41, 5.74) is 2.85. The highest BCUT2D eigenvalue weighted by atomic mass is 32.2. The van der Waals surface area contributed by atoms with Crippen LogP contribution in [-0.4, -0.2) is 121 Å². The number of ether oxygens (including phenoxy) is 2. The summed E-state index contributed by atoms with van der Waals surface area (Å²) in [6.45, 7) is 37.1. The van der Waals surface area contributed by atoms with Gasteiger partial charge < -0.3 is 41.0 Å². The highest BCUT2D eigenvalue weighted by Crippen LogP contribution is 2.48. The largest absolute Gasteiger partial charge is 0.512 e. The molecule has 0 aromatic carbocycles. The molecule has 70 heavy (non-hydrogen) atoms. The lowest BCUT2D eigenvalue weighted by atomic mass is 9.62. The van der Waals surface area contributed by atoms with Gasteiger partial charge in [-0.25, -0.2) is 9.59 Å². The van der Waals surface area contributed by atoms with E-state index < -0.39 is 47.4 Å². The number of aliphatic hydroxyl groups excluding tert-OH is 1. The van der Waals surface area contributed by atoms with E-state index in [2.05, 4.69) is 94.2 Å². The molecular weight excluding hydrogens is 907 g/mol. The number of rotatable bonds is 26. The third-order valence-electron chi connectivity index (χ3n) is 13.7. The molecule has 408 valence electrons. The van der Waals surface area contributed by atoms with Crippen molar-refractivity contribution in [1.29, 1.82) is 0 Å². The Balaban J connectivity index is 0. The minimum atomic E-state index is -1.22. The van der Waals surface area contributed by atoms with Gasteiger partial charge in [0.2, 0.25) is 11.8 Å². The fourth-order valence-corrected chi connectivity index (χ4v) is 10.0. The Kier molecular flexibility index (Phi) is 34.8. The van der Waals surface area contributed by atoms with E-state index in [0.717, 1.165) is 44.2 Å². The summed E-state index contributed by atoms with van der Waals surface area (Å²) >= 11 is 1.52. The SMILES string of the molecule is C=C(NCC(=O)N[C@@H](CCSC)C(=O)N[C@@H](C)C(=O)OCC(NC(=O)O)C(C)C)C(C)(CC(C)C)C[C@@H](C)C(=O)[C@@H]1CCCN1C.CC.CC.CC[C@@]1(C)CCC[C@@H](OC)[C@@H]1/C(C)=C(\O)CC=C(C)C. The van der Waals surface area contributed by atoms with Gasteiger partial charge in [0, 0.05) is 36.5 Å². The van der Waals surface area contributed by atoms with E-state index in [1.165, 1.54) is 37.1 Å². The van der Waals surface area contributed by atoms with Crippen LogP contribution >= 0.6 is 11.8 Å². The van der Waals surface area contributed by atoms with Crippen molar-refractivity contribution < 1.29 is 43.7 Å². The Morgan fingerprint density at radius 2 is 1.56 bits per heavy atom. The highest BCUT2D eigenvalue weighted by Gasteiger charge is 2.43. The number of allylic oxidation sites excluding steroid dienone is 3. The molecular formula is C55H103N5O9S. The summed E-state index contributed by atoms with van der Waals surface area (Å²) in [6, 6.07) is -2.54. The van der Waals surface area contributed by atoms with Crippen molar-refractivity contribution in [1.82, 2.24) is 26.2 Å². The normalized spacial score (nSPS) is 21.7. The van der Waals surface area contributed by atoms with Gasteiger partial charge in [-0.1, -0.05) is 114 Å². The summed E-state index contributed by atoms with van der Waals surface area (Å²) in [6.07, 6.45) is 12.0. The number of Topliss-reactive ketones (excluding diaryl/α,β-unsaturated/α-hetero) is 1. The molecule has 0 radical (unpaired) electrons. The maximum Gasteiger partial charge on any atom is 0.405 e. The third kappa shape index (κ3) is 24.2. The first-order chi connectivity index (χ1) is 32.8. The summed E-state index contributed by atoms with van der Waals surface area (Å²) in [5, 5.41) is 30.3. The number of carbonyl (C=O) groups is 5. The Labute approximate surface area is 430 Å². The van der Waals surface area contributed by atoms with Gasteiger partial charge >= 0.3 is 12.1 Å². The van der Waals surface area contributed by atoms with Crippen LogP contribution in [0.15, 0.2) is 35.3 Å². The second-order valence-corrected chi connectivity index (χ2v) is 21.5. The van der Waals surface area contributed by atoms with Crippen LogP contribution in [0.4, 0.5) is 4.79 Å². The van der Waals surface area contributed by atoms with Crippen LogP contribution in [-0.2, 0) is 28.7 Å². The molecule has 2 rings (SSSR count). The topological polar surface area (TPSA) is 196 Å². The zero-order valence-electron chi connectivity index (χ0n) is 47.5. The monoisotopic (exact) mass is 1010 g/mol. The molecule has 3 amide bonds. The first-order valence-electron chi connectivity index (χ1n) is 26.2. The van der Waals surface area contributed by atoms with Crippen LogP contribution in [0.5, 0.6) is 0 Å². The summed E-state index contributed by atoms with van der Waals surface area (Å²) < 4.78 is 11.0. The number of hydrogen-bond acceptors (Lipinski definition) is 11. The Bertz CT molecular complexity index is 1650. The van der Waals surface area contributed by atoms with Crippen LogP contribution in [0.3, 0.4) is 0 Å². The molecule has 1 saturated carbocycles. The minimum absolute atomic E-state index is 0.0508. The molecule has 2 fully saturated rings. The number of carbonyl (C=O) groups excluding carboxylic acids is 4. The first kappa shape index (κ1) is 68.5. The number of aliphatic hydroxyl groups is 1. The molecule has 0 bridgehead atoms. The second kappa shape index (κ2) is 35.5. The number of carboxylic acid groups (broad SMARTS) is 1. The molecule has 15 heteroatoms. The molecule has 14 nitrogen and oxygen atoms in total. The number of esters is 1. The Morgan fingerprint density at radius 3 is 2.04 bits per heavy atom. The molecule has 2 unspecified atom stereocenters. The molecule has 0 spiro atoms. The molecule has 6 N–H and O–H groups in total. The van der Waals surface area contributed by atoms with Crippen molar-refractivity contribution in [2.24, 2.45) is 34.5 Å². The molecule has 1 aliphatic carbocycles. The number of likely N-dealkylation sites (N-methyl/N-ethyl adjacent to an activating group) is 1. The van der Waals surface area contributed by atoms with Crippen molar-refractivity contribution in [2.75, 3.05) is 45.9 Å². The molecule has 0 aromatic heterocycles. The number of amides is 3. The van der Waals surface area contributed by atoms with Gasteiger partial charge in [0.25, 0.3) is 0 Å². The van der Waals surface area contributed by atoms with Crippen LogP contribution in [0, 0.1) is 34.5 Å². The molecule has 1 saturated heterocycles. The quantitative estimate of drug-likeness (QED) is 0.0273. The molecule has 9 atom stereocenters. The fraction of sp³-hybridized carbons (Fsp3) is 0.800. The number of ketones is 1. The van der Waals surface area contributed by atoms with E-state index in [0.29, 0.717) is 48.3 Å². The van der Waals surface area contributed by atoms with Gasteiger partial charge in [0.15, 0.2) is 5.78 Å². The van der Waals surface area contributed by atoms with Crippen molar-refractivity contribution >= 4 is 41.4 Å². The van der Waals surface area contributed by atoms with Crippen LogP contribution in [0.2, 0.25) is 0 Å². The Hall–Kier alpha value is -3.56. The van der Waals surface area contributed by atoms with E-state index in [9.17, 15) is 29.1 Å². The van der Waals surface area contributed by atoms with Crippen molar-refractivity contribution in [3.8, 4) is 0 Å². The van der Waals surface area contributed by atoms with Crippen LogP contribution in [0.1, 0.15) is 175 Å². The number of likely N-dealkylation sites (tertiary alicyclic amines) is 1. The van der Waals surface area contributed by atoms with E-state index in [4.69, 9.17) is 14.6 Å². The molecule has 1 heterocycles. The lowest BCUT2D eigenvalue weighted by molar-refractivity contribution is -0.148. The van der Waals surface area contributed by atoms with Crippen molar-refractivity contribution in [3.63, 3.8) is 0 Å². The van der Waals surface area contributed by atoms with Gasteiger partial charge in [-0.2, -0.15) is 11.8 Å². The van der Waals surface area contributed by atoms with Gasteiger partial charge in [-0.3, -0.25) is 19.3 Å². The van der Waals surface area contributed by atoms with E-state index >= 15 is 0 Å². The van der Waals surface area contributed by atoms with E-state index in [1.54, 1.807) is 21.0 Å². The van der Waals surface area contributed by atoms with Crippen molar-refractivity contribution in [3.05, 3.63) is 35.3 Å². The summed E-state index contributed by atoms with van der Waals surface area (Å²) in [7, 11) is 3.80. The van der Waals surface area contributed by atoms with Gasteiger partial charge in [0.05, 0.1) is 30.5 Å². The zero-order valence-corrected chi connectivity index (χ0v) is 48.3. The highest BCUT2D eigenvalue weighted by molar-refractivity contribution is 7.98. The van der Waals surface area contributed by atoms with E-state index in [1.807, 2.05) is 47.9 Å². The fourth-order valence-electron chi connectivity index (χ4n) is 9.56. The predicted octanol–water partition coefficient (Wildman–Crippen LogP) is 10.9. The van der Waals surface area contributed by atoms with Gasteiger partial charge in [-0.05, 0) is 121 Å².